The minimum Gasteiger partial charge on any atom is -0.488 e. The summed E-state index contributed by atoms with van der Waals surface area (Å²) in [6, 6.07) is 9.14. The number of ether oxygens (including phenoxy) is 1. The molecule has 0 aliphatic carbocycles. The van der Waals surface area contributed by atoms with Crippen LogP contribution in [0.4, 0.5) is 32.0 Å². The summed E-state index contributed by atoms with van der Waals surface area (Å²) in [6.45, 7) is 2.84. The highest BCUT2D eigenvalue weighted by molar-refractivity contribution is 6.04. The average Bonchev–Trinajstić information content (AvgIpc) is 3.27. The Morgan fingerprint density at radius 2 is 1.69 bits per heavy atom. The fourth-order valence-electron chi connectivity index (χ4n) is 3.77. The van der Waals surface area contributed by atoms with Crippen LogP contribution in [-0.4, -0.2) is 66.0 Å². The van der Waals surface area contributed by atoms with E-state index < -0.39 is 48.2 Å². The number of rotatable bonds is 8. The lowest BCUT2D eigenvalue weighted by Crippen LogP contribution is -2.30. The Labute approximate surface area is 236 Å². The van der Waals surface area contributed by atoms with E-state index in [0.29, 0.717) is 24.2 Å². The number of hydrogen-bond acceptors (Lipinski definition) is 6. The first-order chi connectivity index (χ1) is 19.4. The maximum Gasteiger partial charge on any atom is 0.490 e. The van der Waals surface area contributed by atoms with Gasteiger partial charge in [-0.2, -0.15) is 26.3 Å². The molecule has 2 aromatic carbocycles. The normalized spacial score (nSPS) is 16.0. The number of aliphatic carboxylic acids is 1. The summed E-state index contributed by atoms with van der Waals surface area (Å²) in [4.78, 5) is 35.4. The third-order valence-electron chi connectivity index (χ3n) is 5.87. The monoisotopic (exact) mass is 605 g/mol. The molecule has 2 amide bonds. The van der Waals surface area contributed by atoms with Crippen molar-refractivity contribution in [3.8, 4) is 5.75 Å². The minimum atomic E-state index is -5.08. The molecule has 2 atom stereocenters. The molecule has 0 bridgehead atoms. The SMILES string of the molecule is CC(NC(=O)CC(=O)Nc1ccc(C(=N)N)cc1)c1ccc(OC2CCN(C)C2)c(C(F)(F)F)c1.O=C(O)C(F)(F)F. The Bertz CT molecular complexity index is 1280. The third kappa shape index (κ3) is 10.6. The highest BCUT2D eigenvalue weighted by atomic mass is 19.4. The topological polar surface area (TPSA) is 158 Å². The minimum absolute atomic E-state index is 0.115. The van der Waals surface area contributed by atoms with E-state index in [1.807, 2.05) is 11.9 Å². The number of carbonyl (C=O) groups is 3. The molecular formula is C26H29F6N5O5. The molecule has 0 spiro atoms. The number of amides is 2. The summed E-state index contributed by atoms with van der Waals surface area (Å²) in [5.41, 5.74) is 5.61. The molecular weight excluding hydrogens is 576 g/mol. The summed E-state index contributed by atoms with van der Waals surface area (Å²) in [5, 5.41) is 19.6. The second-order valence-corrected chi connectivity index (χ2v) is 9.35. The van der Waals surface area contributed by atoms with Crippen LogP contribution >= 0.6 is 0 Å². The molecule has 0 radical (unpaired) electrons. The number of likely N-dealkylation sites (N-methyl/N-ethyl adjacent to an activating group) is 1. The molecule has 1 aliphatic heterocycles. The zero-order chi connectivity index (χ0) is 31.8. The molecule has 6 N–H and O–H groups in total. The molecule has 1 aliphatic rings. The highest BCUT2D eigenvalue weighted by Gasteiger charge is 2.38. The molecule has 2 aromatic rings. The number of carboxylic acids is 1. The number of nitrogens with two attached hydrogens (primary N) is 1. The van der Waals surface area contributed by atoms with Crippen molar-refractivity contribution in [3.05, 3.63) is 59.2 Å². The van der Waals surface area contributed by atoms with Crippen molar-refractivity contribution < 1.29 is 50.6 Å². The second kappa shape index (κ2) is 14.0. The summed E-state index contributed by atoms with van der Waals surface area (Å²) in [7, 11) is 1.88. The number of nitrogens with one attached hydrogen (secondary N) is 3. The van der Waals surface area contributed by atoms with Crippen LogP contribution in [0.2, 0.25) is 0 Å². The second-order valence-electron chi connectivity index (χ2n) is 9.35. The van der Waals surface area contributed by atoms with E-state index in [0.717, 1.165) is 12.6 Å². The van der Waals surface area contributed by atoms with Crippen molar-refractivity contribution >= 4 is 29.3 Å². The molecule has 16 heteroatoms. The number of halogens is 6. The predicted molar refractivity (Wildman–Crippen MR) is 139 cm³/mol. The molecule has 1 saturated heterocycles. The first-order valence-electron chi connectivity index (χ1n) is 12.3. The van der Waals surface area contributed by atoms with Gasteiger partial charge in [0.05, 0.1) is 11.6 Å². The molecule has 1 fully saturated rings. The van der Waals surface area contributed by atoms with Gasteiger partial charge in [-0.25, -0.2) is 4.79 Å². The number of carboxylic acid groups (broad SMARTS) is 1. The summed E-state index contributed by atoms with van der Waals surface area (Å²) >= 11 is 0. The average molecular weight is 606 g/mol. The largest absolute Gasteiger partial charge is 0.490 e. The van der Waals surface area contributed by atoms with Crippen molar-refractivity contribution in [3.63, 3.8) is 0 Å². The predicted octanol–water partition coefficient (Wildman–Crippen LogP) is 3.91. The standard InChI is InChI=1S/C24H28F3N5O3.C2HF3O2/c1-14(30-21(33)12-22(34)31-17-6-3-15(4-7-17)23(28)29)16-5-8-20(19(11-16)24(25,26)27)35-18-9-10-32(2)13-18;3-2(4,5)1(6)7/h3-8,11,14,18H,9-10,12-13H2,1-2H3,(H3,28,29)(H,30,33)(H,31,34);(H,6,7). The van der Waals surface area contributed by atoms with Crippen LogP contribution in [0.3, 0.4) is 0 Å². The van der Waals surface area contributed by atoms with Crippen molar-refractivity contribution in [1.29, 1.82) is 5.41 Å². The van der Waals surface area contributed by atoms with E-state index in [-0.39, 0.29) is 23.3 Å². The number of nitrogen functional groups attached to an aromatic ring is 1. The molecule has 3 rings (SSSR count). The number of anilines is 1. The zero-order valence-electron chi connectivity index (χ0n) is 22.4. The van der Waals surface area contributed by atoms with Gasteiger partial charge < -0.3 is 31.1 Å². The maximum absolute atomic E-state index is 13.7. The fourth-order valence-corrected chi connectivity index (χ4v) is 3.77. The van der Waals surface area contributed by atoms with Crippen LogP contribution in [0.5, 0.6) is 5.75 Å². The molecule has 42 heavy (non-hydrogen) atoms. The lowest BCUT2D eigenvalue weighted by molar-refractivity contribution is -0.192. The van der Waals surface area contributed by atoms with Gasteiger partial charge in [0, 0.05) is 24.3 Å². The Kier molecular flexibility index (Phi) is 11.3. The quantitative estimate of drug-likeness (QED) is 0.132. The smallest absolute Gasteiger partial charge is 0.488 e. The van der Waals surface area contributed by atoms with Crippen LogP contribution in [0.1, 0.15) is 42.5 Å². The first-order valence-corrected chi connectivity index (χ1v) is 12.3. The van der Waals surface area contributed by atoms with Crippen LogP contribution in [-0.2, 0) is 20.6 Å². The summed E-state index contributed by atoms with van der Waals surface area (Å²) < 4.78 is 78.5. The number of hydrogen-bond donors (Lipinski definition) is 5. The van der Waals surface area contributed by atoms with Crippen LogP contribution in [0, 0.1) is 5.41 Å². The number of alkyl halides is 6. The summed E-state index contributed by atoms with van der Waals surface area (Å²) in [5.74, 6) is -4.34. The van der Waals surface area contributed by atoms with E-state index in [9.17, 15) is 35.9 Å². The van der Waals surface area contributed by atoms with Gasteiger partial charge in [0.15, 0.2) is 0 Å². The van der Waals surface area contributed by atoms with Crippen LogP contribution in [0.15, 0.2) is 42.5 Å². The number of carbonyl (C=O) groups excluding carboxylic acids is 2. The Balaban J connectivity index is 0.000000782. The number of likely N-dealkylation sites (tertiary alicyclic amines) is 1. The van der Waals surface area contributed by atoms with Crippen LogP contribution < -0.4 is 21.1 Å². The lowest BCUT2D eigenvalue weighted by Gasteiger charge is -2.21. The van der Waals surface area contributed by atoms with E-state index in [2.05, 4.69) is 10.6 Å². The van der Waals surface area contributed by atoms with Gasteiger partial charge in [-0.3, -0.25) is 15.0 Å². The van der Waals surface area contributed by atoms with Crippen molar-refractivity contribution in [2.45, 2.75) is 44.3 Å². The molecule has 0 saturated carbocycles. The Morgan fingerprint density at radius 3 is 2.17 bits per heavy atom. The Hall–Kier alpha value is -4.34. The van der Waals surface area contributed by atoms with Crippen molar-refractivity contribution in [2.24, 2.45) is 5.73 Å². The van der Waals surface area contributed by atoms with Gasteiger partial charge >= 0.3 is 18.3 Å². The number of nitrogens with zero attached hydrogens (tertiary/aromatic N) is 1. The molecule has 230 valence electrons. The first kappa shape index (κ1) is 33.9. The van der Waals surface area contributed by atoms with Gasteiger partial charge in [-0.1, -0.05) is 6.07 Å². The fraction of sp³-hybridized carbons (Fsp3) is 0.385. The molecule has 2 unspecified atom stereocenters. The van der Waals surface area contributed by atoms with E-state index in [1.54, 1.807) is 24.3 Å². The Morgan fingerprint density at radius 1 is 1.10 bits per heavy atom. The van der Waals surface area contributed by atoms with E-state index in [1.165, 1.54) is 19.1 Å². The van der Waals surface area contributed by atoms with E-state index in [4.69, 9.17) is 25.8 Å². The maximum atomic E-state index is 13.7. The van der Waals surface area contributed by atoms with Gasteiger partial charge in [0.1, 0.15) is 24.1 Å². The van der Waals surface area contributed by atoms with Gasteiger partial charge in [-0.15, -0.1) is 0 Å². The third-order valence-corrected chi connectivity index (χ3v) is 5.87. The molecule has 10 nitrogen and oxygen atoms in total. The van der Waals surface area contributed by atoms with Crippen molar-refractivity contribution in [2.75, 3.05) is 25.5 Å². The summed E-state index contributed by atoms with van der Waals surface area (Å²) in [6.07, 6.45) is -9.90. The lowest BCUT2D eigenvalue weighted by atomic mass is 10.0. The number of amidine groups is 1. The molecule has 1 heterocycles. The van der Waals surface area contributed by atoms with Crippen molar-refractivity contribution in [1.82, 2.24) is 10.2 Å². The number of benzene rings is 2. The van der Waals surface area contributed by atoms with Gasteiger partial charge in [-0.05, 0) is 62.4 Å². The van der Waals surface area contributed by atoms with Gasteiger partial charge in [0.2, 0.25) is 11.8 Å². The van der Waals surface area contributed by atoms with Gasteiger partial charge in [0.25, 0.3) is 0 Å². The highest BCUT2D eigenvalue weighted by Crippen LogP contribution is 2.38. The zero-order valence-corrected chi connectivity index (χ0v) is 22.4. The van der Waals surface area contributed by atoms with E-state index >= 15 is 0 Å². The van der Waals surface area contributed by atoms with Crippen LogP contribution in [0.25, 0.3) is 0 Å². The molecule has 0 aromatic heterocycles.